The Kier molecular flexibility index (Phi) is 5.13. The van der Waals surface area contributed by atoms with Crippen molar-refractivity contribution >= 4 is 46.4 Å². The van der Waals surface area contributed by atoms with E-state index in [9.17, 15) is 19.8 Å². The van der Waals surface area contributed by atoms with E-state index in [4.69, 9.17) is 34.8 Å². The average Bonchev–Trinajstić information content (AvgIpc) is 2.87. The molecule has 9 atom stereocenters. The fourth-order valence-corrected chi connectivity index (χ4v) is 8.71. The van der Waals surface area contributed by atoms with Crippen LogP contribution in [-0.4, -0.2) is 50.4 Å². The number of fused-ring (bicyclic) bond motifs is 5. The van der Waals surface area contributed by atoms with Crippen LogP contribution in [0.15, 0.2) is 22.8 Å². The highest BCUT2D eigenvalue weighted by molar-refractivity contribution is 6.45. The van der Waals surface area contributed by atoms with Gasteiger partial charge in [0.1, 0.15) is 18.4 Å². The SMILES string of the molecule is C[C@@H]1C[C@H]2[C@@H]3C[C@@H](F)C4=CC(=O)C(Cl)=C[C@]4(C)[C@@]3(Cl)[C@@H](Cl)C[C@]2(C)[C@@]1(O)C(=O)CO. The summed E-state index contributed by atoms with van der Waals surface area (Å²) < 4.78 is 15.5. The maximum atomic E-state index is 15.5. The third-order valence-electron chi connectivity index (χ3n) is 8.79. The lowest BCUT2D eigenvalue weighted by atomic mass is 9.46. The number of halogens is 4. The lowest BCUT2D eigenvalue weighted by Gasteiger charge is -2.64. The van der Waals surface area contributed by atoms with Crippen molar-refractivity contribution in [2.24, 2.45) is 28.6 Å². The Morgan fingerprint density at radius 2 is 1.93 bits per heavy atom. The van der Waals surface area contributed by atoms with Crippen LogP contribution in [0.1, 0.15) is 40.0 Å². The molecule has 0 radical (unpaired) electrons. The molecule has 3 saturated carbocycles. The minimum absolute atomic E-state index is 0.0157. The average molecular weight is 480 g/mol. The van der Waals surface area contributed by atoms with Crippen LogP contribution in [0.4, 0.5) is 4.39 Å². The summed E-state index contributed by atoms with van der Waals surface area (Å²) in [6.07, 6.45) is 2.07. The van der Waals surface area contributed by atoms with Crippen LogP contribution < -0.4 is 0 Å². The number of aliphatic hydroxyl groups is 2. The van der Waals surface area contributed by atoms with Crippen molar-refractivity contribution in [1.82, 2.24) is 0 Å². The predicted octanol–water partition coefficient (Wildman–Crippen LogP) is 3.93. The van der Waals surface area contributed by atoms with Gasteiger partial charge in [-0.1, -0.05) is 32.4 Å². The van der Waals surface area contributed by atoms with Gasteiger partial charge in [0.25, 0.3) is 0 Å². The highest BCUT2D eigenvalue weighted by atomic mass is 35.5. The fraction of sp³-hybridized carbons (Fsp3) is 0.727. The van der Waals surface area contributed by atoms with Gasteiger partial charge in [0.15, 0.2) is 11.6 Å². The molecule has 0 aliphatic heterocycles. The zero-order valence-corrected chi connectivity index (χ0v) is 19.4. The predicted molar refractivity (Wildman–Crippen MR) is 113 cm³/mol. The molecule has 0 aromatic carbocycles. The summed E-state index contributed by atoms with van der Waals surface area (Å²) in [5, 5.41) is 20.3. The molecule has 4 nitrogen and oxygen atoms in total. The summed E-state index contributed by atoms with van der Waals surface area (Å²) in [6.45, 7) is 4.56. The van der Waals surface area contributed by atoms with Crippen molar-refractivity contribution in [3.63, 3.8) is 0 Å². The summed E-state index contributed by atoms with van der Waals surface area (Å²) in [4.78, 5) is 23.7. The van der Waals surface area contributed by atoms with Crippen LogP contribution in [-0.2, 0) is 9.59 Å². The van der Waals surface area contributed by atoms with Crippen LogP contribution in [0.3, 0.4) is 0 Å². The first kappa shape index (κ1) is 22.7. The molecule has 8 heteroatoms. The Labute approximate surface area is 190 Å². The number of ketones is 2. The van der Waals surface area contributed by atoms with E-state index in [2.05, 4.69) is 0 Å². The first-order chi connectivity index (χ1) is 13.8. The van der Waals surface area contributed by atoms with Gasteiger partial charge < -0.3 is 10.2 Å². The minimum Gasteiger partial charge on any atom is -0.388 e. The molecule has 0 amide bonds. The number of Topliss-reactive ketones (excluding diaryl/α,β-unsaturated/α-hetero) is 1. The van der Waals surface area contributed by atoms with Crippen molar-refractivity contribution in [3.8, 4) is 0 Å². The Balaban J connectivity index is 1.89. The lowest BCUT2D eigenvalue weighted by Crippen LogP contribution is -2.69. The van der Waals surface area contributed by atoms with Crippen LogP contribution >= 0.6 is 34.8 Å². The van der Waals surface area contributed by atoms with Gasteiger partial charge in [-0.05, 0) is 54.7 Å². The molecule has 0 aromatic heterocycles. The van der Waals surface area contributed by atoms with Gasteiger partial charge in [-0.15, -0.1) is 23.2 Å². The minimum atomic E-state index is -1.77. The number of carbonyl (C=O) groups is 2. The molecule has 0 bridgehead atoms. The van der Waals surface area contributed by atoms with Crippen molar-refractivity contribution in [2.75, 3.05) is 6.61 Å². The Bertz CT molecular complexity index is 890. The summed E-state index contributed by atoms with van der Waals surface area (Å²) in [5.41, 5.74) is -3.53. The second kappa shape index (κ2) is 6.77. The summed E-state index contributed by atoms with van der Waals surface area (Å²) in [6, 6.07) is 0. The zero-order valence-electron chi connectivity index (χ0n) is 17.1. The van der Waals surface area contributed by atoms with Crippen molar-refractivity contribution < 1.29 is 24.2 Å². The number of rotatable bonds is 2. The molecule has 2 N–H and O–H groups in total. The van der Waals surface area contributed by atoms with Gasteiger partial charge in [0, 0.05) is 10.8 Å². The number of hydrogen-bond donors (Lipinski definition) is 2. The summed E-state index contributed by atoms with van der Waals surface area (Å²) in [5.74, 6) is -2.28. The molecule has 0 saturated heterocycles. The largest absolute Gasteiger partial charge is 0.388 e. The highest BCUT2D eigenvalue weighted by Crippen LogP contribution is 2.72. The van der Waals surface area contributed by atoms with Gasteiger partial charge in [0.05, 0.1) is 15.3 Å². The van der Waals surface area contributed by atoms with Gasteiger partial charge in [0.2, 0.25) is 0 Å². The topological polar surface area (TPSA) is 74.6 Å². The third-order valence-corrected chi connectivity index (χ3v) is 10.6. The zero-order chi connectivity index (χ0) is 22.4. The second-order valence-electron chi connectivity index (χ2n) is 9.92. The Morgan fingerprint density at radius 3 is 2.53 bits per heavy atom. The van der Waals surface area contributed by atoms with Gasteiger partial charge in [-0.25, -0.2) is 4.39 Å². The van der Waals surface area contributed by atoms with Crippen molar-refractivity contribution in [2.45, 2.75) is 62.1 Å². The van der Waals surface area contributed by atoms with Crippen molar-refractivity contribution in [3.05, 3.63) is 22.8 Å². The molecular formula is C22H26Cl3FO4. The van der Waals surface area contributed by atoms with E-state index in [1.165, 1.54) is 12.2 Å². The number of allylic oxidation sites excluding steroid dienone is 4. The van der Waals surface area contributed by atoms with E-state index >= 15 is 4.39 Å². The van der Waals surface area contributed by atoms with Crippen LogP contribution in [0, 0.1) is 28.6 Å². The van der Waals surface area contributed by atoms with Gasteiger partial charge >= 0.3 is 0 Å². The molecule has 0 spiro atoms. The van der Waals surface area contributed by atoms with Crippen LogP contribution in [0.2, 0.25) is 0 Å². The first-order valence-electron chi connectivity index (χ1n) is 10.3. The van der Waals surface area contributed by atoms with Crippen LogP contribution in [0.25, 0.3) is 0 Å². The monoisotopic (exact) mass is 478 g/mol. The number of carbonyl (C=O) groups excluding carboxylic acids is 2. The second-order valence-corrected chi connectivity index (χ2v) is 11.5. The maximum absolute atomic E-state index is 15.5. The van der Waals surface area contributed by atoms with E-state index in [0.29, 0.717) is 6.42 Å². The molecule has 4 aliphatic rings. The molecule has 4 rings (SSSR count). The Hall–Kier alpha value is -0.460. The lowest BCUT2D eigenvalue weighted by molar-refractivity contribution is -0.168. The van der Waals surface area contributed by atoms with Crippen LogP contribution in [0.5, 0.6) is 0 Å². The molecule has 0 heterocycles. The van der Waals surface area contributed by atoms with Gasteiger partial charge in [-0.3, -0.25) is 9.59 Å². The van der Waals surface area contributed by atoms with E-state index in [1.807, 2.05) is 0 Å². The van der Waals surface area contributed by atoms with E-state index < -0.39 is 62.9 Å². The standard InChI is InChI=1S/C22H26Cl3FO4/c1-10-4-11-12-5-15(26)13-6-16(28)14(23)7-19(13,2)21(12,25)17(24)8-20(11,3)22(10,30)18(29)9-27/h6-7,10-12,15,17,27,30H,4-5,8-9H2,1-3H3/t10-,11+,12+,15-,17+,19+,20+,21+,22+/m1/s1. The van der Waals surface area contributed by atoms with E-state index in [1.54, 1.807) is 20.8 Å². The normalized spacial score (nSPS) is 52.7. The maximum Gasteiger partial charge on any atom is 0.196 e. The molecule has 166 valence electrons. The molecule has 0 aromatic rings. The van der Waals surface area contributed by atoms with Gasteiger partial charge in [-0.2, -0.15) is 0 Å². The molecule has 4 aliphatic carbocycles. The summed E-state index contributed by atoms with van der Waals surface area (Å²) >= 11 is 20.4. The fourth-order valence-electron chi connectivity index (χ4n) is 7.24. The molecule has 30 heavy (non-hydrogen) atoms. The third kappa shape index (κ3) is 2.42. The summed E-state index contributed by atoms with van der Waals surface area (Å²) in [7, 11) is 0. The molecule has 0 unspecified atom stereocenters. The molecule has 3 fully saturated rings. The van der Waals surface area contributed by atoms with Crippen molar-refractivity contribution in [1.29, 1.82) is 0 Å². The first-order valence-corrected chi connectivity index (χ1v) is 11.5. The number of aliphatic hydroxyl groups excluding tert-OH is 1. The highest BCUT2D eigenvalue weighted by Gasteiger charge is 2.75. The molecular weight excluding hydrogens is 454 g/mol. The Morgan fingerprint density at radius 1 is 1.30 bits per heavy atom. The van der Waals surface area contributed by atoms with E-state index in [-0.39, 0.29) is 29.4 Å². The van der Waals surface area contributed by atoms with E-state index in [0.717, 1.165) is 0 Å². The number of alkyl halides is 3. The number of hydrogen-bond acceptors (Lipinski definition) is 4. The quantitative estimate of drug-likeness (QED) is 0.589. The smallest absolute Gasteiger partial charge is 0.196 e.